The molecule has 5 nitrogen and oxygen atoms in total. The maximum Gasteiger partial charge on any atom is 0.337 e. The molecule has 40 heavy (non-hydrogen) atoms. The Morgan fingerprint density at radius 2 is 1.57 bits per heavy atom. The third kappa shape index (κ3) is 11.3. The Morgan fingerprint density at radius 1 is 0.825 bits per heavy atom. The molecule has 0 fully saturated rings. The quantitative estimate of drug-likeness (QED) is 0.126. The van der Waals surface area contributed by atoms with Gasteiger partial charge in [0.1, 0.15) is 5.75 Å². The first kappa shape index (κ1) is 31.0. The Balaban J connectivity index is 1.57. The summed E-state index contributed by atoms with van der Waals surface area (Å²) in [4.78, 5) is 23.3. The van der Waals surface area contributed by atoms with Gasteiger partial charge in [-0.15, -0.1) is 0 Å². The second kappa shape index (κ2) is 18.0. The van der Waals surface area contributed by atoms with E-state index in [-0.39, 0.29) is 17.9 Å². The molecular formula is C34H40O5S. The highest BCUT2D eigenvalue weighted by Gasteiger charge is 2.11. The largest absolute Gasteiger partial charge is 0.493 e. The summed E-state index contributed by atoms with van der Waals surface area (Å²) in [6.07, 6.45) is 10.5. The lowest BCUT2D eigenvalue weighted by Gasteiger charge is -2.14. The Kier molecular flexibility index (Phi) is 13.9. The lowest BCUT2D eigenvalue weighted by molar-refractivity contribution is -0.137. The molecule has 0 amide bonds. The number of carbonyl (C=O) groups excluding carboxylic acids is 2. The van der Waals surface area contributed by atoms with Crippen LogP contribution in [0.4, 0.5) is 0 Å². The predicted octanol–water partition coefficient (Wildman–Crippen LogP) is 7.43. The first-order chi connectivity index (χ1) is 19.6. The molecule has 212 valence electrons. The second-order valence-corrected chi connectivity index (χ2v) is 10.7. The van der Waals surface area contributed by atoms with Crippen molar-refractivity contribution in [3.63, 3.8) is 0 Å². The molecule has 3 rings (SSSR count). The number of esters is 2. The van der Waals surface area contributed by atoms with E-state index >= 15 is 0 Å². The number of hydrogen-bond donors (Lipinski definition) is 0. The Bertz CT molecular complexity index is 1190. The predicted molar refractivity (Wildman–Crippen MR) is 164 cm³/mol. The molecule has 0 aliphatic heterocycles. The molecule has 0 aliphatic rings. The normalized spacial score (nSPS) is 11.8. The Hall–Kier alpha value is -3.51. The number of rotatable bonds is 17. The number of hydrogen-bond acceptors (Lipinski definition) is 6. The average molecular weight is 561 g/mol. The van der Waals surface area contributed by atoms with Gasteiger partial charge in [0.2, 0.25) is 0 Å². The molecule has 3 aromatic carbocycles. The highest BCUT2D eigenvalue weighted by Crippen LogP contribution is 2.24. The maximum absolute atomic E-state index is 11.8. The minimum absolute atomic E-state index is 0.207. The van der Waals surface area contributed by atoms with Crippen molar-refractivity contribution in [2.24, 2.45) is 5.92 Å². The summed E-state index contributed by atoms with van der Waals surface area (Å²) in [6, 6.07) is 26.3. The molecule has 0 N–H and O–H groups in total. The molecule has 1 unspecified atom stereocenters. The van der Waals surface area contributed by atoms with E-state index in [1.165, 1.54) is 19.8 Å². The molecule has 3 aromatic rings. The van der Waals surface area contributed by atoms with E-state index in [1.54, 1.807) is 23.9 Å². The van der Waals surface area contributed by atoms with E-state index < -0.39 is 0 Å². The van der Waals surface area contributed by atoms with Gasteiger partial charge in [0.15, 0.2) is 0 Å². The van der Waals surface area contributed by atoms with Gasteiger partial charge in [-0.05, 0) is 79.5 Å². The van der Waals surface area contributed by atoms with Crippen LogP contribution in [0.3, 0.4) is 0 Å². The van der Waals surface area contributed by atoms with Gasteiger partial charge in [-0.3, -0.25) is 4.79 Å². The van der Waals surface area contributed by atoms with Gasteiger partial charge in [0, 0.05) is 5.56 Å². The monoisotopic (exact) mass is 560 g/mol. The molecule has 0 spiro atoms. The Labute approximate surface area is 242 Å². The first-order valence-electron chi connectivity index (χ1n) is 13.8. The standard InChI is InChI=1S/C34H40O5S/c1-37-33(35)26-40-24-22-29(25-28-17-20-31(21-18-28)34(36)38-2)16-19-30-14-8-9-15-32(30)39-23-10-4-7-13-27-11-5-3-6-12-27/h3,5-6,8-9,11-12,14-21,29H,4,7,10,13,22-26H2,1-2H3/b19-16+. The fourth-order valence-corrected chi connectivity index (χ4v) is 5.24. The van der Waals surface area contributed by atoms with Crippen molar-refractivity contribution in [3.8, 4) is 5.75 Å². The van der Waals surface area contributed by atoms with Crippen molar-refractivity contribution in [3.05, 3.63) is 107 Å². The molecule has 1 atom stereocenters. The number of benzene rings is 3. The minimum Gasteiger partial charge on any atom is -0.493 e. The molecule has 0 aromatic heterocycles. The van der Waals surface area contributed by atoms with Crippen LogP contribution in [0.2, 0.25) is 0 Å². The summed E-state index contributed by atoms with van der Waals surface area (Å²) in [5, 5.41) is 0. The van der Waals surface area contributed by atoms with Crippen molar-refractivity contribution in [2.75, 3.05) is 32.3 Å². The van der Waals surface area contributed by atoms with Crippen LogP contribution in [0.15, 0.2) is 84.9 Å². The second-order valence-electron chi connectivity index (χ2n) is 9.61. The fourth-order valence-electron chi connectivity index (χ4n) is 4.34. The van der Waals surface area contributed by atoms with Gasteiger partial charge in [-0.2, -0.15) is 11.8 Å². The third-order valence-corrected chi connectivity index (χ3v) is 7.59. The zero-order chi connectivity index (χ0) is 28.4. The summed E-state index contributed by atoms with van der Waals surface area (Å²) in [5.41, 5.74) is 4.12. The van der Waals surface area contributed by atoms with E-state index in [2.05, 4.69) is 48.6 Å². The lowest BCUT2D eigenvalue weighted by atomic mass is 9.95. The number of carbonyl (C=O) groups is 2. The molecule has 0 saturated heterocycles. The third-order valence-electron chi connectivity index (χ3n) is 6.63. The van der Waals surface area contributed by atoms with E-state index in [9.17, 15) is 9.59 Å². The fraction of sp³-hybridized carbons (Fsp3) is 0.353. The number of ether oxygens (including phenoxy) is 3. The van der Waals surface area contributed by atoms with Crippen LogP contribution in [0.5, 0.6) is 5.75 Å². The first-order valence-corrected chi connectivity index (χ1v) is 15.0. The van der Waals surface area contributed by atoms with Crippen LogP contribution in [-0.4, -0.2) is 44.3 Å². The zero-order valence-corrected chi connectivity index (χ0v) is 24.4. The van der Waals surface area contributed by atoms with Gasteiger partial charge in [0.25, 0.3) is 0 Å². The lowest BCUT2D eigenvalue weighted by Crippen LogP contribution is -2.07. The topological polar surface area (TPSA) is 61.8 Å². The molecule has 0 bridgehead atoms. The SMILES string of the molecule is COC(=O)CSCCC(/C=C/c1ccccc1OCCCCCc1ccccc1)Cc1ccc(C(=O)OC)cc1. The van der Waals surface area contributed by atoms with Gasteiger partial charge < -0.3 is 14.2 Å². The molecule has 6 heteroatoms. The van der Waals surface area contributed by atoms with Crippen LogP contribution >= 0.6 is 11.8 Å². The van der Waals surface area contributed by atoms with Crippen LogP contribution in [-0.2, 0) is 27.1 Å². The Morgan fingerprint density at radius 3 is 2.33 bits per heavy atom. The summed E-state index contributed by atoms with van der Waals surface area (Å²) >= 11 is 1.58. The smallest absolute Gasteiger partial charge is 0.337 e. The van der Waals surface area contributed by atoms with Gasteiger partial charge in [-0.25, -0.2) is 4.79 Å². The van der Waals surface area contributed by atoms with E-state index in [0.717, 1.165) is 61.2 Å². The number of para-hydroxylation sites is 1. The maximum atomic E-state index is 11.8. The molecular weight excluding hydrogens is 520 g/mol. The van der Waals surface area contributed by atoms with Crippen LogP contribution in [0.25, 0.3) is 6.08 Å². The van der Waals surface area contributed by atoms with Crippen molar-refractivity contribution >= 4 is 29.8 Å². The van der Waals surface area contributed by atoms with Crippen molar-refractivity contribution in [2.45, 2.75) is 38.5 Å². The van der Waals surface area contributed by atoms with E-state index in [4.69, 9.17) is 14.2 Å². The number of aryl methyl sites for hydroxylation is 1. The number of unbranched alkanes of at least 4 members (excludes halogenated alkanes) is 2. The van der Waals surface area contributed by atoms with Crippen LogP contribution in [0.1, 0.15) is 52.7 Å². The average Bonchev–Trinajstić information content (AvgIpc) is 3.00. The van der Waals surface area contributed by atoms with Crippen molar-refractivity contribution < 1.29 is 23.8 Å². The van der Waals surface area contributed by atoms with Crippen LogP contribution in [0, 0.1) is 5.92 Å². The highest BCUT2D eigenvalue weighted by molar-refractivity contribution is 7.99. The van der Waals surface area contributed by atoms with Gasteiger partial charge >= 0.3 is 11.9 Å². The van der Waals surface area contributed by atoms with Crippen LogP contribution < -0.4 is 4.74 Å². The molecule has 0 aliphatic carbocycles. The van der Waals surface area contributed by atoms with Gasteiger partial charge in [0.05, 0.1) is 32.1 Å². The highest BCUT2D eigenvalue weighted by atomic mass is 32.2. The summed E-state index contributed by atoms with van der Waals surface area (Å²) in [5.74, 6) is 1.79. The van der Waals surface area contributed by atoms with Gasteiger partial charge in [-0.1, -0.05) is 72.8 Å². The zero-order valence-electron chi connectivity index (χ0n) is 23.6. The summed E-state index contributed by atoms with van der Waals surface area (Å²) < 4.78 is 15.7. The molecule has 0 heterocycles. The number of thioether (sulfide) groups is 1. The van der Waals surface area contributed by atoms with E-state index in [0.29, 0.717) is 17.9 Å². The van der Waals surface area contributed by atoms with Crippen molar-refractivity contribution in [1.29, 1.82) is 0 Å². The summed E-state index contributed by atoms with van der Waals surface area (Å²) in [7, 11) is 2.80. The number of allylic oxidation sites excluding steroid dienone is 1. The summed E-state index contributed by atoms with van der Waals surface area (Å²) in [6.45, 7) is 0.694. The van der Waals surface area contributed by atoms with Crippen molar-refractivity contribution in [1.82, 2.24) is 0 Å². The van der Waals surface area contributed by atoms with E-state index in [1.807, 2.05) is 30.3 Å². The minimum atomic E-state index is -0.338. The number of methoxy groups -OCH3 is 2. The molecule has 0 radical (unpaired) electrons. The molecule has 0 saturated carbocycles.